The second-order valence-corrected chi connectivity index (χ2v) is 15.6. The average molecular weight is 329 g/mol. The van der Waals surface area contributed by atoms with Gasteiger partial charge in [0.05, 0.1) is 0 Å². The van der Waals surface area contributed by atoms with Gasteiger partial charge in [0, 0.05) is 0 Å². The second-order valence-electron chi connectivity index (χ2n) is 5.05. The van der Waals surface area contributed by atoms with Crippen LogP contribution in [0.15, 0.2) is 0 Å². The molecule has 0 radical (unpaired) electrons. The Kier molecular flexibility index (Phi) is 12.9. The van der Waals surface area contributed by atoms with Crippen LogP contribution in [0.2, 0.25) is 12.5 Å². The van der Waals surface area contributed by atoms with E-state index in [0.717, 1.165) is 0 Å². The summed E-state index contributed by atoms with van der Waals surface area (Å²) in [4.78, 5) is 2.67. The topological polar surface area (TPSA) is 3.24 Å². The van der Waals surface area contributed by atoms with Gasteiger partial charge in [0.2, 0.25) is 0 Å². The molecule has 0 saturated carbocycles. The van der Waals surface area contributed by atoms with Crippen molar-refractivity contribution in [3.63, 3.8) is 0 Å². The van der Waals surface area contributed by atoms with Gasteiger partial charge in [-0.3, -0.25) is 0 Å². The van der Waals surface area contributed by atoms with E-state index >= 15 is 0 Å². The number of hydrogen-bond donors (Lipinski definition) is 0. The van der Waals surface area contributed by atoms with Crippen LogP contribution in [-0.2, 0) is 0 Å². The fourth-order valence-corrected chi connectivity index (χ4v) is 10.2. The van der Waals surface area contributed by atoms with Crippen molar-refractivity contribution < 1.29 is 0 Å². The molecule has 2 heteroatoms. The predicted molar refractivity (Wildman–Crippen MR) is 77.8 cm³/mol. The van der Waals surface area contributed by atoms with Gasteiger partial charge in [-0.2, -0.15) is 0 Å². The first kappa shape index (κ1) is 16.8. The van der Waals surface area contributed by atoms with Gasteiger partial charge in [-0.15, -0.1) is 0 Å². The normalized spacial score (nSPS) is 11.1. The van der Waals surface area contributed by atoms with Crippen molar-refractivity contribution in [1.82, 2.24) is 4.90 Å². The zero-order chi connectivity index (χ0) is 12.2. The van der Waals surface area contributed by atoms with Crippen LogP contribution >= 0.6 is 0 Å². The van der Waals surface area contributed by atoms with Gasteiger partial charge in [0.25, 0.3) is 0 Å². The molecule has 16 heavy (non-hydrogen) atoms. The monoisotopic (exact) mass is 329 g/mol. The van der Waals surface area contributed by atoms with E-state index in [2.05, 4.69) is 32.6 Å². The molecular formula is C14H32InN. The summed E-state index contributed by atoms with van der Waals surface area (Å²) >= 11 is -1.01. The fourth-order valence-electron chi connectivity index (χ4n) is 2.53. The van der Waals surface area contributed by atoms with E-state index in [9.17, 15) is 0 Å². The standard InChI is InChI=1S/C9H20N.C3H7.C2H5.In/c1-4-7-10(8-5-2)9-6-3;1-3-2;1-2;/h1,4-9H2,2-3H3;1,3H2,2H3;1H2,2H3;. The van der Waals surface area contributed by atoms with Gasteiger partial charge in [0.15, 0.2) is 0 Å². The molecule has 0 fully saturated rings. The first-order chi connectivity index (χ1) is 7.78. The Morgan fingerprint density at radius 3 is 1.81 bits per heavy atom. The van der Waals surface area contributed by atoms with Gasteiger partial charge >= 0.3 is 112 Å². The van der Waals surface area contributed by atoms with Crippen molar-refractivity contribution in [1.29, 1.82) is 0 Å². The molecule has 0 aromatic heterocycles. The average Bonchev–Trinajstić information content (AvgIpc) is 2.28. The Bertz CT molecular complexity index is 133. The molecule has 0 rings (SSSR count). The van der Waals surface area contributed by atoms with Crippen LogP contribution in [0.5, 0.6) is 0 Å². The summed E-state index contributed by atoms with van der Waals surface area (Å²) in [5.41, 5.74) is 0. The molecule has 0 spiro atoms. The molecule has 0 heterocycles. The van der Waals surface area contributed by atoms with Gasteiger partial charge in [-0.05, 0) is 0 Å². The molecule has 96 valence electrons. The van der Waals surface area contributed by atoms with Crippen LogP contribution in [0.1, 0.15) is 53.4 Å². The molecule has 0 aliphatic carbocycles. The summed E-state index contributed by atoms with van der Waals surface area (Å²) in [6.07, 6.45) is 5.57. The number of rotatable bonds is 11. The zero-order valence-electron chi connectivity index (χ0n) is 12.1. The summed E-state index contributed by atoms with van der Waals surface area (Å²) < 4.78 is 4.87. The minimum atomic E-state index is -1.01. The molecule has 1 nitrogen and oxygen atoms in total. The van der Waals surface area contributed by atoms with E-state index in [1.54, 1.807) is 12.5 Å². The molecule has 0 aliphatic rings. The van der Waals surface area contributed by atoms with Crippen molar-refractivity contribution in [2.45, 2.75) is 65.9 Å². The molecular weight excluding hydrogens is 297 g/mol. The molecule has 0 unspecified atom stereocenters. The summed E-state index contributed by atoms with van der Waals surface area (Å²) in [6, 6.07) is 0. The van der Waals surface area contributed by atoms with Gasteiger partial charge in [-0.25, -0.2) is 0 Å². The maximum absolute atomic E-state index is 2.67. The van der Waals surface area contributed by atoms with Crippen LogP contribution in [0.3, 0.4) is 0 Å². The summed E-state index contributed by atoms with van der Waals surface area (Å²) in [6.45, 7) is 13.4. The van der Waals surface area contributed by atoms with Crippen molar-refractivity contribution in [2.75, 3.05) is 19.6 Å². The first-order valence-corrected chi connectivity index (χ1v) is 14.5. The Morgan fingerprint density at radius 1 is 0.750 bits per heavy atom. The van der Waals surface area contributed by atoms with E-state index in [0.29, 0.717) is 0 Å². The summed E-state index contributed by atoms with van der Waals surface area (Å²) in [5, 5.41) is 0. The van der Waals surface area contributed by atoms with E-state index in [1.165, 1.54) is 45.3 Å². The van der Waals surface area contributed by atoms with E-state index in [4.69, 9.17) is 0 Å². The molecule has 0 bridgehead atoms. The number of nitrogens with zero attached hydrogens (tertiary/aromatic N) is 1. The maximum atomic E-state index is 2.67. The van der Waals surface area contributed by atoms with Gasteiger partial charge in [0.1, 0.15) is 0 Å². The third-order valence-electron chi connectivity index (χ3n) is 3.44. The molecule has 0 N–H and O–H groups in total. The third-order valence-corrected chi connectivity index (χ3v) is 14.2. The van der Waals surface area contributed by atoms with Crippen molar-refractivity contribution in [3.05, 3.63) is 0 Å². The Balaban J connectivity index is 3.65. The van der Waals surface area contributed by atoms with Crippen molar-refractivity contribution in [2.24, 2.45) is 0 Å². The van der Waals surface area contributed by atoms with Crippen LogP contribution < -0.4 is 0 Å². The van der Waals surface area contributed by atoms with Crippen LogP contribution in [0, 0.1) is 0 Å². The van der Waals surface area contributed by atoms with Gasteiger partial charge in [-0.1, -0.05) is 0 Å². The van der Waals surface area contributed by atoms with Crippen LogP contribution in [0.4, 0.5) is 0 Å². The second kappa shape index (κ2) is 12.3. The van der Waals surface area contributed by atoms with E-state index < -0.39 is 21.4 Å². The Morgan fingerprint density at radius 2 is 1.38 bits per heavy atom. The first-order valence-electron chi connectivity index (χ1n) is 7.50. The zero-order valence-corrected chi connectivity index (χ0v) is 15.4. The minimum absolute atomic E-state index is 1.01. The Labute approximate surface area is 112 Å². The SMILES string of the molecule is CCCN(CCC)CC[CH2][In]([CH2]C)[CH2]CC. The quantitative estimate of drug-likeness (QED) is 0.542. The fraction of sp³-hybridized carbons (Fsp3) is 1.00. The third kappa shape index (κ3) is 8.92. The van der Waals surface area contributed by atoms with Crippen molar-refractivity contribution in [3.8, 4) is 0 Å². The van der Waals surface area contributed by atoms with Crippen LogP contribution in [0.25, 0.3) is 0 Å². The molecule has 0 aromatic rings. The van der Waals surface area contributed by atoms with Gasteiger partial charge < -0.3 is 0 Å². The predicted octanol–water partition coefficient (Wildman–Crippen LogP) is 4.42. The Hall–Kier alpha value is 0.830. The molecule has 0 amide bonds. The van der Waals surface area contributed by atoms with Crippen LogP contribution in [-0.4, -0.2) is 46.0 Å². The molecule has 0 saturated heterocycles. The molecule has 0 atom stereocenters. The molecule has 0 aliphatic heterocycles. The van der Waals surface area contributed by atoms with Crippen molar-refractivity contribution >= 4 is 21.4 Å². The molecule has 0 aromatic carbocycles. The summed E-state index contributed by atoms with van der Waals surface area (Å²) in [7, 11) is 0. The summed E-state index contributed by atoms with van der Waals surface area (Å²) in [5.74, 6) is 0. The van der Waals surface area contributed by atoms with E-state index in [-0.39, 0.29) is 0 Å². The number of hydrogen-bond acceptors (Lipinski definition) is 1. The van der Waals surface area contributed by atoms with E-state index in [1.807, 2.05) is 0 Å².